The summed E-state index contributed by atoms with van der Waals surface area (Å²) in [6.07, 6.45) is 0.0145. The first-order valence-electron chi connectivity index (χ1n) is 5.87. The van der Waals surface area contributed by atoms with Crippen LogP contribution in [0.4, 0.5) is 4.79 Å². The molecule has 0 aliphatic rings. The van der Waals surface area contributed by atoms with Crippen LogP contribution in [0.1, 0.15) is 34.6 Å². The topological polar surface area (TPSA) is 84.5 Å². The molecule has 0 aliphatic heterocycles. The van der Waals surface area contributed by atoms with Gasteiger partial charge in [-0.2, -0.15) is 0 Å². The molecule has 0 fully saturated rings. The number of aldehydes is 1. The summed E-state index contributed by atoms with van der Waals surface area (Å²) < 4.78 is 4.97. The molecule has 1 unspecified atom stereocenters. The van der Waals surface area contributed by atoms with Gasteiger partial charge in [0, 0.05) is 0 Å². The third-order valence-corrected chi connectivity index (χ3v) is 1.98. The van der Waals surface area contributed by atoms with Crippen molar-refractivity contribution >= 4 is 18.3 Å². The fraction of sp³-hybridized carbons (Fsp3) is 0.750. The van der Waals surface area contributed by atoms with Gasteiger partial charge in [-0.25, -0.2) is 4.79 Å². The van der Waals surface area contributed by atoms with Crippen molar-refractivity contribution in [2.24, 2.45) is 5.92 Å². The maximum absolute atomic E-state index is 11.4. The Bertz CT molecular complexity index is 308. The van der Waals surface area contributed by atoms with Crippen molar-refractivity contribution in [1.82, 2.24) is 10.6 Å². The van der Waals surface area contributed by atoms with Gasteiger partial charge in [0.1, 0.15) is 18.4 Å². The predicted octanol–water partition coefficient (Wildman–Crippen LogP) is 0.851. The standard InChI is InChI=1S/C12H22N2O4/c1-8(2)9(7-15)14-10(16)6-13-11(17)18-12(3,4)5/h7-9H,6H2,1-5H3,(H,13,17)(H,14,16). The SMILES string of the molecule is CC(C)C(C=O)NC(=O)CNC(=O)OC(C)(C)C. The van der Waals surface area contributed by atoms with Gasteiger partial charge in [-0.15, -0.1) is 0 Å². The highest BCUT2D eigenvalue weighted by atomic mass is 16.6. The van der Waals surface area contributed by atoms with Crippen LogP contribution in [0.25, 0.3) is 0 Å². The van der Waals surface area contributed by atoms with E-state index in [9.17, 15) is 14.4 Å². The van der Waals surface area contributed by atoms with E-state index < -0.39 is 23.6 Å². The van der Waals surface area contributed by atoms with Gasteiger partial charge in [-0.05, 0) is 26.7 Å². The first kappa shape index (κ1) is 16.4. The molecule has 6 nitrogen and oxygen atoms in total. The van der Waals surface area contributed by atoms with Crippen LogP contribution in [0.3, 0.4) is 0 Å². The van der Waals surface area contributed by atoms with E-state index in [1.54, 1.807) is 20.8 Å². The van der Waals surface area contributed by atoms with Crippen molar-refractivity contribution < 1.29 is 19.1 Å². The van der Waals surface area contributed by atoms with Crippen molar-refractivity contribution in [2.45, 2.75) is 46.3 Å². The quantitative estimate of drug-likeness (QED) is 0.716. The average Bonchev–Trinajstić information content (AvgIpc) is 2.20. The number of carbonyl (C=O) groups is 3. The smallest absolute Gasteiger partial charge is 0.408 e. The number of rotatable bonds is 5. The van der Waals surface area contributed by atoms with Gasteiger partial charge in [-0.1, -0.05) is 13.8 Å². The summed E-state index contributed by atoms with van der Waals surface area (Å²) >= 11 is 0. The molecule has 18 heavy (non-hydrogen) atoms. The molecular weight excluding hydrogens is 236 g/mol. The van der Waals surface area contributed by atoms with E-state index in [1.807, 2.05) is 13.8 Å². The van der Waals surface area contributed by atoms with Crippen LogP contribution < -0.4 is 10.6 Å². The minimum Gasteiger partial charge on any atom is -0.444 e. The zero-order valence-electron chi connectivity index (χ0n) is 11.6. The Morgan fingerprint density at radius 1 is 1.28 bits per heavy atom. The second kappa shape index (κ2) is 6.98. The Balaban J connectivity index is 4.04. The minimum absolute atomic E-state index is 0.00739. The number of amides is 2. The third kappa shape index (κ3) is 7.65. The summed E-state index contributed by atoms with van der Waals surface area (Å²) in [7, 11) is 0. The molecule has 6 heteroatoms. The number of ether oxygens (including phenoxy) is 1. The second-order valence-electron chi connectivity index (χ2n) is 5.33. The lowest BCUT2D eigenvalue weighted by atomic mass is 10.1. The van der Waals surface area contributed by atoms with Crippen LogP contribution >= 0.6 is 0 Å². The Morgan fingerprint density at radius 2 is 1.83 bits per heavy atom. The molecule has 0 rings (SSSR count). The van der Waals surface area contributed by atoms with Gasteiger partial charge in [0.25, 0.3) is 0 Å². The van der Waals surface area contributed by atoms with Crippen molar-refractivity contribution in [3.05, 3.63) is 0 Å². The van der Waals surface area contributed by atoms with Gasteiger partial charge < -0.3 is 20.2 Å². The van der Waals surface area contributed by atoms with Gasteiger partial charge in [0.05, 0.1) is 6.04 Å². The lowest BCUT2D eigenvalue weighted by Gasteiger charge is -2.20. The lowest BCUT2D eigenvalue weighted by Crippen LogP contribution is -2.45. The van der Waals surface area contributed by atoms with E-state index in [1.165, 1.54) is 0 Å². The van der Waals surface area contributed by atoms with Crippen LogP contribution in [-0.4, -0.2) is 36.5 Å². The van der Waals surface area contributed by atoms with Crippen molar-refractivity contribution in [2.75, 3.05) is 6.54 Å². The van der Waals surface area contributed by atoms with Crippen molar-refractivity contribution in [1.29, 1.82) is 0 Å². The van der Waals surface area contributed by atoms with E-state index in [2.05, 4.69) is 10.6 Å². The van der Waals surface area contributed by atoms with E-state index in [4.69, 9.17) is 4.74 Å². The molecule has 0 saturated carbocycles. The molecule has 0 aromatic heterocycles. The molecule has 104 valence electrons. The summed E-state index contributed by atoms with van der Waals surface area (Å²) in [6.45, 7) is 8.61. The predicted molar refractivity (Wildman–Crippen MR) is 67.1 cm³/mol. The molecule has 2 amide bonds. The number of hydrogen-bond donors (Lipinski definition) is 2. The molecule has 1 atom stereocenters. The monoisotopic (exact) mass is 258 g/mol. The maximum atomic E-state index is 11.4. The molecule has 2 N–H and O–H groups in total. The van der Waals surface area contributed by atoms with Crippen LogP contribution in [0.5, 0.6) is 0 Å². The number of carbonyl (C=O) groups excluding carboxylic acids is 3. The Morgan fingerprint density at radius 3 is 2.22 bits per heavy atom. The number of hydrogen-bond acceptors (Lipinski definition) is 4. The van der Waals surface area contributed by atoms with Crippen LogP contribution in [0.15, 0.2) is 0 Å². The fourth-order valence-electron chi connectivity index (χ4n) is 1.06. The van der Waals surface area contributed by atoms with Gasteiger partial charge >= 0.3 is 6.09 Å². The van der Waals surface area contributed by atoms with Crippen LogP contribution in [0.2, 0.25) is 0 Å². The van der Waals surface area contributed by atoms with E-state index in [0.717, 1.165) is 0 Å². The van der Waals surface area contributed by atoms with E-state index in [0.29, 0.717) is 6.29 Å². The zero-order valence-corrected chi connectivity index (χ0v) is 11.6. The van der Waals surface area contributed by atoms with Gasteiger partial charge in [-0.3, -0.25) is 4.79 Å². The summed E-state index contributed by atoms with van der Waals surface area (Å²) in [6, 6.07) is -0.544. The molecule has 0 aliphatic carbocycles. The molecule has 0 heterocycles. The minimum atomic E-state index is -0.662. The molecular formula is C12H22N2O4. The Labute approximate surface area is 107 Å². The summed E-state index contributed by atoms with van der Waals surface area (Å²) in [4.78, 5) is 33.4. The van der Waals surface area contributed by atoms with Crippen LogP contribution in [-0.2, 0) is 14.3 Å². The first-order valence-corrected chi connectivity index (χ1v) is 5.87. The largest absolute Gasteiger partial charge is 0.444 e. The third-order valence-electron chi connectivity index (χ3n) is 1.98. The number of alkyl carbamates (subject to hydrolysis) is 1. The molecule has 0 spiro atoms. The highest BCUT2D eigenvalue weighted by Gasteiger charge is 2.18. The fourth-order valence-corrected chi connectivity index (χ4v) is 1.06. The van der Waals surface area contributed by atoms with E-state index >= 15 is 0 Å². The Hall–Kier alpha value is -1.59. The summed E-state index contributed by atoms with van der Waals surface area (Å²) in [5, 5.41) is 4.83. The maximum Gasteiger partial charge on any atom is 0.408 e. The van der Waals surface area contributed by atoms with E-state index in [-0.39, 0.29) is 12.5 Å². The van der Waals surface area contributed by atoms with Gasteiger partial charge in [0.15, 0.2) is 0 Å². The molecule has 0 aromatic rings. The molecule has 0 aromatic carbocycles. The van der Waals surface area contributed by atoms with Gasteiger partial charge in [0.2, 0.25) is 5.91 Å². The lowest BCUT2D eigenvalue weighted by molar-refractivity contribution is -0.123. The second-order valence-corrected chi connectivity index (χ2v) is 5.33. The molecule has 0 bridgehead atoms. The average molecular weight is 258 g/mol. The highest BCUT2D eigenvalue weighted by molar-refractivity contribution is 5.84. The number of nitrogens with one attached hydrogen (secondary N) is 2. The highest BCUT2D eigenvalue weighted by Crippen LogP contribution is 2.06. The van der Waals surface area contributed by atoms with Crippen LogP contribution in [0, 0.1) is 5.92 Å². The first-order chi connectivity index (χ1) is 8.15. The zero-order chi connectivity index (χ0) is 14.3. The summed E-state index contributed by atoms with van der Waals surface area (Å²) in [5.41, 5.74) is -0.607. The molecule has 0 saturated heterocycles. The Kier molecular flexibility index (Phi) is 6.36. The normalized spacial score (nSPS) is 12.8. The van der Waals surface area contributed by atoms with Crippen molar-refractivity contribution in [3.8, 4) is 0 Å². The molecule has 0 radical (unpaired) electrons. The van der Waals surface area contributed by atoms with Crippen molar-refractivity contribution in [3.63, 3.8) is 0 Å². The summed E-state index contributed by atoms with van der Waals surface area (Å²) in [5.74, 6) is -0.417.